The van der Waals surface area contributed by atoms with Crippen molar-refractivity contribution in [1.29, 1.82) is 0 Å². The fourth-order valence-electron chi connectivity index (χ4n) is 3.69. The Kier molecular flexibility index (Phi) is 5.30. The maximum Gasteiger partial charge on any atom is 0.254 e. The molecule has 0 radical (unpaired) electrons. The van der Waals surface area contributed by atoms with E-state index in [2.05, 4.69) is 5.32 Å². The first-order valence-corrected chi connectivity index (χ1v) is 9.67. The summed E-state index contributed by atoms with van der Waals surface area (Å²) in [5, 5.41) is 3.40. The van der Waals surface area contributed by atoms with E-state index in [9.17, 15) is 4.79 Å². The number of hydrogen-bond acceptors (Lipinski definition) is 4. The molecule has 1 atom stereocenters. The van der Waals surface area contributed by atoms with Gasteiger partial charge in [0.25, 0.3) is 5.91 Å². The van der Waals surface area contributed by atoms with E-state index in [1.807, 2.05) is 53.4 Å². The van der Waals surface area contributed by atoms with E-state index in [4.69, 9.17) is 9.47 Å². The third-order valence-corrected chi connectivity index (χ3v) is 5.46. The van der Waals surface area contributed by atoms with Gasteiger partial charge >= 0.3 is 0 Å². The van der Waals surface area contributed by atoms with Gasteiger partial charge < -0.3 is 19.7 Å². The molecule has 1 aliphatic heterocycles. The molecular formula is C22H26N2O3. The van der Waals surface area contributed by atoms with Crippen LogP contribution in [0, 0.1) is 0 Å². The lowest BCUT2D eigenvalue weighted by Gasteiger charge is -2.37. The molecular weight excluding hydrogens is 340 g/mol. The number of benzene rings is 2. The van der Waals surface area contributed by atoms with Crippen molar-refractivity contribution < 1.29 is 14.3 Å². The van der Waals surface area contributed by atoms with Crippen molar-refractivity contribution in [3.8, 4) is 11.5 Å². The van der Waals surface area contributed by atoms with Crippen molar-refractivity contribution in [3.63, 3.8) is 0 Å². The van der Waals surface area contributed by atoms with Gasteiger partial charge in [0.15, 0.2) is 0 Å². The minimum atomic E-state index is -0.0479. The van der Waals surface area contributed by atoms with Crippen LogP contribution in [0.2, 0.25) is 0 Å². The number of methoxy groups -OCH3 is 1. The summed E-state index contributed by atoms with van der Waals surface area (Å²) < 4.78 is 11.4. The monoisotopic (exact) mass is 366 g/mol. The van der Waals surface area contributed by atoms with Gasteiger partial charge in [-0.1, -0.05) is 18.2 Å². The Morgan fingerprint density at radius 3 is 2.59 bits per heavy atom. The second kappa shape index (κ2) is 8.01. The average molecular weight is 366 g/mol. The molecule has 1 heterocycles. The Morgan fingerprint density at radius 2 is 1.89 bits per heavy atom. The summed E-state index contributed by atoms with van der Waals surface area (Å²) in [5.41, 5.74) is 1.73. The summed E-state index contributed by atoms with van der Waals surface area (Å²) in [5.74, 6) is 1.70. The van der Waals surface area contributed by atoms with Crippen molar-refractivity contribution in [2.45, 2.75) is 31.4 Å². The van der Waals surface area contributed by atoms with Crippen LogP contribution >= 0.6 is 0 Å². The predicted octanol–water partition coefficient (Wildman–Crippen LogP) is 3.41. The van der Waals surface area contributed by atoms with Gasteiger partial charge in [-0.05, 0) is 49.6 Å². The summed E-state index contributed by atoms with van der Waals surface area (Å²) >= 11 is 0. The van der Waals surface area contributed by atoms with Crippen molar-refractivity contribution in [1.82, 2.24) is 10.2 Å². The van der Waals surface area contributed by atoms with E-state index < -0.39 is 0 Å². The maximum absolute atomic E-state index is 13.2. The van der Waals surface area contributed by atoms with Gasteiger partial charge in [-0.3, -0.25) is 4.79 Å². The van der Waals surface area contributed by atoms with Crippen LogP contribution in [0.5, 0.6) is 11.5 Å². The highest BCUT2D eigenvalue weighted by molar-refractivity contribution is 5.94. The summed E-state index contributed by atoms with van der Waals surface area (Å²) in [6.07, 6.45) is 3.84. The largest absolute Gasteiger partial charge is 0.496 e. The van der Waals surface area contributed by atoms with Gasteiger partial charge in [-0.25, -0.2) is 0 Å². The predicted molar refractivity (Wildman–Crippen MR) is 104 cm³/mol. The zero-order chi connectivity index (χ0) is 18.6. The molecule has 1 unspecified atom stereocenters. The number of nitrogens with one attached hydrogen (secondary N) is 1. The molecule has 2 aromatic rings. The third kappa shape index (κ3) is 3.78. The number of carbonyl (C=O) groups excluding carboxylic acids is 1. The SMILES string of the molecule is COc1ccccc1C1CNCCN1C(=O)c1ccc(OC2CCC2)cc1. The van der Waals surface area contributed by atoms with Gasteiger partial charge in [0.05, 0.1) is 19.3 Å². The normalized spacial score (nSPS) is 20.0. The quantitative estimate of drug-likeness (QED) is 0.881. The van der Waals surface area contributed by atoms with Gasteiger partial charge in [0.2, 0.25) is 0 Å². The lowest BCUT2D eigenvalue weighted by molar-refractivity contribution is 0.0631. The number of rotatable bonds is 5. The molecule has 2 aromatic carbocycles. The Bertz CT molecular complexity index is 786. The van der Waals surface area contributed by atoms with Crippen molar-refractivity contribution >= 4 is 5.91 Å². The van der Waals surface area contributed by atoms with Gasteiger partial charge in [0.1, 0.15) is 11.5 Å². The fourth-order valence-corrected chi connectivity index (χ4v) is 3.69. The van der Waals surface area contributed by atoms with Crippen molar-refractivity contribution in [2.24, 2.45) is 0 Å². The van der Waals surface area contributed by atoms with Crippen LogP contribution in [0.25, 0.3) is 0 Å². The molecule has 1 N–H and O–H groups in total. The number of amides is 1. The lowest BCUT2D eigenvalue weighted by atomic mass is 9.96. The molecule has 1 amide bonds. The molecule has 142 valence electrons. The molecule has 0 spiro atoms. The number of carbonyl (C=O) groups is 1. The van der Waals surface area contributed by atoms with E-state index >= 15 is 0 Å². The van der Waals surface area contributed by atoms with Crippen LogP contribution in [0.4, 0.5) is 0 Å². The van der Waals surface area contributed by atoms with E-state index in [0.29, 0.717) is 18.2 Å². The number of piperazine rings is 1. The first-order chi connectivity index (χ1) is 13.3. The Labute approximate surface area is 160 Å². The van der Waals surface area contributed by atoms with Gasteiger partial charge in [-0.2, -0.15) is 0 Å². The number of nitrogens with zero attached hydrogens (tertiary/aromatic N) is 1. The molecule has 5 heteroatoms. The standard InChI is InChI=1S/C22H26N2O3/c1-26-21-8-3-2-7-19(21)20-15-23-13-14-24(20)22(25)16-9-11-18(12-10-16)27-17-5-4-6-17/h2-3,7-12,17,20,23H,4-6,13-15H2,1H3. The third-order valence-electron chi connectivity index (χ3n) is 5.46. The van der Waals surface area contributed by atoms with E-state index in [1.165, 1.54) is 6.42 Å². The molecule has 2 fully saturated rings. The molecule has 27 heavy (non-hydrogen) atoms. The van der Waals surface area contributed by atoms with Crippen LogP contribution in [0.3, 0.4) is 0 Å². The van der Waals surface area contributed by atoms with Crippen LogP contribution in [0.1, 0.15) is 41.2 Å². The van der Waals surface area contributed by atoms with Crippen molar-refractivity contribution in [3.05, 3.63) is 59.7 Å². The first kappa shape index (κ1) is 17.9. The molecule has 4 rings (SSSR count). The number of ether oxygens (including phenoxy) is 2. The van der Waals surface area contributed by atoms with Crippen LogP contribution in [-0.4, -0.2) is 43.7 Å². The zero-order valence-electron chi connectivity index (χ0n) is 15.7. The molecule has 2 aliphatic rings. The molecule has 5 nitrogen and oxygen atoms in total. The minimum Gasteiger partial charge on any atom is -0.496 e. The summed E-state index contributed by atoms with van der Waals surface area (Å²) in [4.78, 5) is 15.1. The Morgan fingerprint density at radius 1 is 1.11 bits per heavy atom. The Balaban J connectivity index is 1.53. The van der Waals surface area contributed by atoms with Crippen LogP contribution in [-0.2, 0) is 0 Å². The van der Waals surface area contributed by atoms with E-state index in [0.717, 1.165) is 43.0 Å². The summed E-state index contributed by atoms with van der Waals surface area (Å²) in [6.45, 7) is 2.18. The molecule has 1 saturated carbocycles. The molecule has 1 aliphatic carbocycles. The van der Waals surface area contributed by atoms with E-state index in [-0.39, 0.29) is 11.9 Å². The summed E-state index contributed by atoms with van der Waals surface area (Å²) in [7, 11) is 1.67. The summed E-state index contributed by atoms with van der Waals surface area (Å²) in [6, 6.07) is 15.4. The fraction of sp³-hybridized carbons (Fsp3) is 0.409. The van der Waals surface area contributed by atoms with Crippen LogP contribution < -0.4 is 14.8 Å². The van der Waals surface area contributed by atoms with Gasteiger partial charge in [-0.15, -0.1) is 0 Å². The smallest absolute Gasteiger partial charge is 0.254 e. The highest BCUT2D eigenvalue weighted by Crippen LogP contribution is 2.31. The lowest BCUT2D eigenvalue weighted by Crippen LogP contribution is -2.48. The highest BCUT2D eigenvalue weighted by atomic mass is 16.5. The molecule has 0 bridgehead atoms. The number of hydrogen-bond donors (Lipinski definition) is 1. The second-order valence-corrected chi connectivity index (χ2v) is 7.16. The maximum atomic E-state index is 13.2. The number of para-hydroxylation sites is 1. The van der Waals surface area contributed by atoms with E-state index in [1.54, 1.807) is 7.11 Å². The van der Waals surface area contributed by atoms with Crippen LogP contribution in [0.15, 0.2) is 48.5 Å². The highest BCUT2D eigenvalue weighted by Gasteiger charge is 2.30. The first-order valence-electron chi connectivity index (χ1n) is 9.67. The second-order valence-electron chi connectivity index (χ2n) is 7.16. The molecule has 1 saturated heterocycles. The van der Waals surface area contributed by atoms with Crippen molar-refractivity contribution in [2.75, 3.05) is 26.7 Å². The minimum absolute atomic E-state index is 0.0441. The average Bonchev–Trinajstić information content (AvgIpc) is 2.70. The zero-order valence-corrected chi connectivity index (χ0v) is 15.7. The topological polar surface area (TPSA) is 50.8 Å². The van der Waals surface area contributed by atoms with Gasteiger partial charge in [0, 0.05) is 30.8 Å². The molecule has 0 aromatic heterocycles. The Hall–Kier alpha value is -2.53.